The average molecular weight is 407 g/mol. The first-order valence-corrected chi connectivity index (χ1v) is 10.2. The molecular weight excluding hydrogens is 390 g/mol. The fraction of sp³-hybridized carbons (Fsp3) is 0.267. The van der Waals surface area contributed by atoms with Crippen LogP contribution in [0.3, 0.4) is 0 Å². The number of aryl methyl sites for hydroxylation is 1. The molecule has 2 rings (SSSR count). The predicted octanol–water partition coefficient (Wildman–Crippen LogP) is 3.87. The largest absolute Gasteiger partial charge is 0.321 e. The summed E-state index contributed by atoms with van der Waals surface area (Å²) in [5.41, 5.74) is 0.814. The molecule has 0 bridgehead atoms. The summed E-state index contributed by atoms with van der Waals surface area (Å²) in [6.45, 7) is 1.65. The van der Waals surface area contributed by atoms with E-state index in [0.717, 1.165) is 15.6 Å². The maximum atomic E-state index is 12.5. The number of sulfonamides is 1. The lowest BCUT2D eigenvalue weighted by Crippen LogP contribution is -2.23. The molecule has 0 aliphatic rings. The van der Waals surface area contributed by atoms with Crippen LogP contribution >= 0.6 is 23.1 Å². The molecule has 25 heavy (non-hydrogen) atoms. The summed E-state index contributed by atoms with van der Waals surface area (Å²) in [5, 5.41) is 4.12. The SMILES string of the molecule is Cc1ccc(NC(=O)c2sccc2SC(F)F)cc1S(=O)(=O)N(C)C. The van der Waals surface area contributed by atoms with Crippen LogP contribution in [0, 0.1) is 6.92 Å². The number of halogens is 2. The van der Waals surface area contributed by atoms with Gasteiger partial charge in [-0.15, -0.1) is 11.3 Å². The number of benzene rings is 1. The van der Waals surface area contributed by atoms with Crippen molar-refractivity contribution in [2.75, 3.05) is 19.4 Å². The smallest absolute Gasteiger partial charge is 0.288 e. The first-order chi connectivity index (χ1) is 11.6. The van der Waals surface area contributed by atoms with Crippen molar-refractivity contribution in [3.05, 3.63) is 40.1 Å². The normalized spacial score (nSPS) is 12.0. The van der Waals surface area contributed by atoms with Crippen molar-refractivity contribution in [2.45, 2.75) is 22.5 Å². The van der Waals surface area contributed by atoms with Gasteiger partial charge in [0.15, 0.2) is 0 Å². The Morgan fingerprint density at radius 3 is 2.56 bits per heavy atom. The van der Waals surface area contributed by atoms with E-state index in [1.807, 2.05) is 0 Å². The first-order valence-electron chi connectivity index (χ1n) is 6.99. The van der Waals surface area contributed by atoms with Crippen molar-refractivity contribution in [3.8, 4) is 0 Å². The van der Waals surface area contributed by atoms with Gasteiger partial charge in [0.05, 0.1) is 4.90 Å². The van der Waals surface area contributed by atoms with E-state index in [1.165, 1.54) is 26.2 Å². The Bertz CT molecular complexity index is 880. The molecule has 1 amide bonds. The Morgan fingerprint density at radius 1 is 1.28 bits per heavy atom. The third kappa shape index (κ3) is 4.57. The first kappa shape index (κ1) is 19.8. The van der Waals surface area contributed by atoms with Crippen molar-refractivity contribution in [2.24, 2.45) is 0 Å². The minimum atomic E-state index is -3.66. The van der Waals surface area contributed by atoms with Crippen LogP contribution in [0.2, 0.25) is 0 Å². The Labute approximate surface area is 153 Å². The number of amides is 1. The molecule has 0 radical (unpaired) electrons. The van der Waals surface area contributed by atoms with Gasteiger partial charge in [-0.2, -0.15) is 8.78 Å². The summed E-state index contributed by atoms with van der Waals surface area (Å²) >= 11 is 1.34. The summed E-state index contributed by atoms with van der Waals surface area (Å²) < 4.78 is 50.8. The number of carbonyl (C=O) groups is 1. The van der Waals surface area contributed by atoms with Crippen LogP contribution < -0.4 is 5.32 Å². The molecule has 0 fully saturated rings. The van der Waals surface area contributed by atoms with Crippen LogP contribution in [0.15, 0.2) is 39.4 Å². The van der Waals surface area contributed by atoms with E-state index in [2.05, 4.69) is 5.32 Å². The molecule has 0 spiro atoms. The Morgan fingerprint density at radius 2 is 1.96 bits per heavy atom. The van der Waals surface area contributed by atoms with Gasteiger partial charge >= 0.3 is 0 Å². The molecular formula is C15H16F2N2O3S3. The second-order valence-corrected chi connectivity index (χ2v) is 9.28. The maximum absolute atomic E-state index is 12.5. The van der Waals surface area contributed by atoms with E-state index in [0.29, 0.717) is 17.3 Å². The van der Waals surface area contributed by atoms with Crippen LogP contribution in [0.4, 0.5) is 14.5 Å². The number of alkyl halides is 2. The van der Waals surface area contributed by atoms with E-state index >= 15 is 0 Å². The van der Waals surface area contributed by atoms with E-state index in [9.17, 15) is 22.0 Å². The number of carbonyl (C=O) groups excluding carboxylic acids is 1. The molecule has 0 saturated heterocycles. The number of hydrogen-bond acceptors (Lipinski definition) is 5. The second-order valence-electron chi connectivity index (χ2n) is 5.21. The quantitative estimate of drug-likeness (QED) is 0.740. The summed E-state index contributed by atoms with van der Waals surface area (Å²) in [6.07, 6.45) is 0. The van der Waals surface area contributed by atoms with Gasteiger partial charge in [0.2, 0.25) is 10.0 Å². The molecule has 0 unspecified atom stereocenters. The van der Waals surface area contributed by atoms with Crippen molar-refractivity contribution in [1.29, 1.82) is 0 Å². The van der Waals surface area contributed by atoms with Crippen LogP contribution in [0.1, 0.15) is 15.2 Å². The van der Waals surface area contributed by atoms with E-state index in [-0.39, 0.29) is 20.4 Å². The van der Waals surface area contributed by atoms with Gasteiger partial charge in [0.25, 0.3) is 11.7 Å². The molecule has 10 heteroatoms. The van der Waals surface area contributed by atoms with Crippen LogP contribution in [-0.2, 0) is 10.0 Å². The summed E-state index contributed by atoms with van der Waals surface area (Å²) in [6, 6.07) is 5.95. The zero-order valence-corrected chi connectivity index (χ0v) is 16.1. The van der Waals surface area contributed by atoms with Crippen LogP contribution in [0.25, 0.3) is 0 Å². The van der Waals surface area contributed by atoms with Crippen molar-refractivity contribution in [1.82, 2.24) is 4.31 Å². The van der Waals surface area contributed by atoms with Crippen molar-refractivity contribution in [3.63, 3.8) is 0 Å². The second kappa shape index (κ2) is 7.81. The maximum Gasteiger partial charge on any atom is 0.288 e. The number of rotatable bonds is 6. The molecule has 1 heterocycles. The predicted molar refractivity (Wildman–Crippen MR) is 96.2 cm³/mol. The molecule has 1 N–H and O–H groups in total. The molecule has 0 saturated carbocycles. The standard InChI is InChI=1S/C15H16F2N2O3S3/c1-9-4-5-10(8-12(9)25(21,22)19(2)3)18-14(20)13-11(6-7-23-13)24-15(16)17/h4-8,15H,1-3H3,(H,18,20). The summed E-state index contributed by atoms with van der Waals surface area (Å²) in [7, 11) is -0.830. The van der Waals surface area contributed by atoms with E-state index in [4.69, 9.17) is 0 Å². The monoisotopic (exact) mass is 406 g/mol. The Kier molecular flexibility index (Phi) is 6.20. The molecule has 136 valence electrons. The number of anilines is 1. The third-order valence-corrected chi connectivity index (χ3v) is 7.03. The number of hydrogen-bond donors (Lipinski definition) is 1. The summed E-state index contributed by atoms with van der Waals surface area (Å²) in [4.78, 5) is 12.8. The van der Waals surface area contributed by atoms with Gasteiger partial charge in [-0.3, -0.25) is 4.79 Å². The lowest BCUT2D eigenvalue weighted by molar-refractivity contribution is 0.102. The highest BCUT2D eigenvalue weighted by Gasteiger charge is 2.22. The highest BCUT2D eigenvalue weighted by atomic mass is 32.2. The minimum Gasteiger partial charge on any atom is -0.321 e. The van der Waals surface area contributed by atoms with Gasteiger partial charge in [-0.1, -0.05) is 17.8 Å². The van der Waals surface area contributed by atoms with E-state index < -0.39 is 21.7 Å². The number of thioether (sulfide) groups is 1. The van der Waals surface area contributed by atoms with Crippen LogP contribution in [0.5, 0.6) is 0 Å². The number of nitrogens with one attached hydrogen (secondary N) is 1. The minimum absolute atomic E-state index is 0.0728. The van der Waals surface area contributed by atoms with Crippen molar-refractivity contribution < 1.29 is 22.0 Å². The van der Waals surface area contributed by atoms with Crippen molar-refractivity contribution >= 4 is 44.7 Å². The molecule has 1 aromatic heterocycles. The number of thiophene rings is 1. The van der Waals surface area contributed by atoms with Gasteiger partial charge in [-0.25, -0.2) is 12.7 Å². The van der Waals surface area contributed by atoms with Gasteiger partial charge in [0.1, 0.15) is 4.88 Å². The Balaban J connectivity index is 2.30. The van der Waals surface area contributed by atoms with E-state index in [1.54, 1.807) is 24.4 Å². The highest BCUT2D eigenvalue weighted by molar-refractivity contribution is 7.99. The fourth-order valence-corrected chi connectivity index (χ4v) is 4.73. The molecule has 2 aromatic rings. The average Bonchev–Trinajstić information content (AvgIpc) is 2.96. The zero-order valence-electron chi connectivity index (χ0n) is 13.6. The Hall–Kier alpha value is -1.49. The fourth-order valence-electron chi connectivity index (χ4n) is 1.99. The lowest BCUT2D eigenvalue weighted by atomic mass is 10.2. The molecule has 0 atom stereocenters. The lowest BCUT2D eigenvalue weighted by Gasteiger charge is -2.15. The summed E-state index contributed by atoms with van der Waals surface area (Å²) in [5.74, 6) is -3.19. The van der Waals surface area contributed by atoms with Gasteiger partial charge in [-0.05, 0) is 36.1 Å². The zero-order chi connectivity index (χ0) is 18.8. The molecule has 0 aliphatic carbocycles. The highest BCUT2D eigenvalue weighted by Crippen LogP contribution is 2.32. The third-order valence-electron chi connectivity index (χ3n) is 3.26. The topological polar surface area (TPSA) is 66.5 Å². The molecule has 5 nitrogen and oxygen atoms in total. The van der Waals surface area contributed by atoms with Gasteiger partial charge < -0.3 is 5.32 Å². The molecule has 1 aromatic carbocycles. The van der Waals surface area contributed by atoms with Gasteiger partial charge in [0, 0.05) is 24.7 Å². The molecule has 0 aliphatic heterocycles. The number of nitrogens with zero attached hydrogens (tertiary/aromatic N) is 1. The van der Waals surface area contributed by atoms with Crippen LogP contribution in [-0.4, -0.2) is 38.5 Å².